The Balaban J connectivity index is 2.40. The van der Waals surface area contributed by atoms with Gasteiger partial charge in [-0.05, 0) is 37.5 Å². The summed E-state index contributed by atoms with van der Waals surface area (Å²) in [4.78, 5) is 11.7. The van der Waals surface area contributed by atoms with Crippen molar-refractivity contribution in [1.82, 2.24) is 5.32 Å². The maximum Gasteiger partial charge on any atom is 0.231 e. The number of allylic oxidation sites excluding steroid dienone is 1. The molecule has 1 N–H and O–H groups in total. The van der Waals surface area contributed by atoms with Gasteiger partial charge in [0.2, 0.25) is 5.91 Å². The van der Waals surface area contributed by atoms with Crippen molar-refractivity contribution in [3.63, 3.8) is 0 Å². The highest BCUT2D eigenvalue weighted by atomic mass is 19.1. The summed E-state index contributed by atoms with van der Waals surface area (Å²) in [6.45, 7) is 5.24. The molecule has 0 spiro atoms. The van der Waals surface area contributed by atoms with Crippen molar-refractivity contribution in [1.29, 1.82) is 0 Å². The highest BCUT2D eigenvalue weighted by molar-refractivity contribution is 5.86. The second-order valence-electron chi connectivity index (χ2n) is 4.33. The van der Waals surface area contributed by atoms with Crippen LogP contribution in [0.2, 0.25) is 0 Å². The number of halogens is 2. The molecule has 1 atom stereocenters. The zero-order valence-corrected chi connectivity index (χ0v) is 9.52. The summed E-state index contributed by atoms with van der Waals surface area (Å²) >= 11 is 0. The van der Waals surface area contributed by atoms with Crippen molar-refractivity contribution in [3.05, 3.63) is 47.2 Å². The second kappa shape index (κ2) is 4.28. The average molecular weight is 237 g/mol. The minimum absolute atomic E-state index is 0.138. The van der Waals surface area contributed by atoms with Crippen LogP contribution in [-0.2, 0) is 4.79 Å². The maximum absolute atomic E-state index is 13.7. The summed E-state index contributed by atoms with van der Waals surface area (Å²) in [6.07, 6.45) is 0.935. The molecule has 1 fully saturated rings. The first-order valence-electron chi connectivity index (χ1n) is 5.43. The molecule has 17 heavy (non-hydrogen) atoms. The van der Waals surface area contributed by atoms with E-state index in [0.717, 1.165) is 0 Å². The van der Waals surface area contributed by atoms with E-state index >= 15 is 0 Å². The number of benzene rings is 1. The zero-order chi connectivity index (χ0) is 12.6. The molecule has 0 aliphatic carbocycles. The second-order valence-corrected chi connectivity index (χ2v) is 4.33. The van der Waals surface area contributed by atoms with Crippen LogP contribution in [0.25, 0.3) is 0 Å². The minimum atomic E-state index is -0.763. The number of hydrogen-bond acceptors (Lipinski definition) is 1. The number of carbonyl (C=O) groups excluding carboxylic acids is 1. The van der Waals surface area contributed by atoms with Gasteiger partial charge in [-0.2, -0.15) is 0 Å². The molecule has 2 nitrogen and oxygen atoms in total. The lowest BCUT2D eigenvalue weighted by atomic mass is 9.88. The first-order chi connectivity index (χ1) is 7.99. The van der Waals surface area contributed by atoms with Crippen molar-refractivity contribution < 1.29 is 13.6 Å². The molecule has 4 heteroatoms. The van der Waals surface area contributed by atoms with Gasteiger partial charge in [0.25, 0.3) is 0 Å². The normalized spacial score (nSPS) is 20.3. The van der Waals surface area contributed by atoms with E-state index in [1.165, 1.54) is 12.1 Å². The summed E-state index contributed by atoms with van der Waals surface area (Å²) in [6, 6.07) is 2.49. The molecule has 1 aromatic carbocycles. The number of aryl methyl sites for hydroxylation is 1. The quantitative estimate of drug-likeness (QED) is 0.799. The summed E-state index contributed by atoms with van der Waals surface area (Å²) in [5, 5.41) is 2.53. The molecule has 1 aromatic rings. The molecule has 1 aliphatic rings. The molecule has 1 aliphatic heterocycles. The number of amides is 1. The third kappa shape index (κ3) is 2.20. The molecule has 0 radical (unpaired) electrons. The molecular formula is C13H13F2NO. The molecule has 0 unspecified atom stereocenters. The summed E-state index contributed by atoms with van der Waals surface area (Å²) in [7, 11) is 0. The highest BCUT2D eigenvalue weighted by Gasteiger charge is 2.30. The first kappa shape index (κ1) is 11.8. The Labute approximate surface area is 98.3 Å². The van der Waals surface area contributed by atoms with Gasteiger partial charge in [0.15, 0.2) is 0 Å². The van der Waals surface area contributed by atoms with Crippen molar-refractivity contribution >= 4 is 5.91 Å². The average Bonchev–Trinajstić information content (AvgIpc) is 2.19. The van der Waals surface area contributed by atoms with E-state index in [4.69, 9.17) is 0 Å². The fourth-order valence-electron chi connectivity index (χ4n) is 2.09. The largest absolute Gasteiger partial charge is 0.330 e. The first-order valence-corrected chi connectivity index (χ1v) is 5.43. The van der Waals surface area contributed by atoms with Crippen molar-refractivity contribution in [3.8, 4) is 0 Å². The van der Waals surface area contributed by atoms with Gasteiger partial charge in [-0.25, -0.2) is 8.78 Å². The molecule has 0 saturated carbocycles. The third-order valence-corrected chi connectivity index (χ3v) is 2.92. The Hall–Kier alpha value is -1.71. The van der Waals surface area contributed by atoms with Gasteiger partial charge in [-0.1, -0.05) is 6.58 Å². The molecule has 0 bridgehead atoms. The summed E-state index contributed by atoms with van der Waals surface area (Å²) in [5.74, 6) is -2.46. The molecular weight excluding hydrogens is 224 g/mol. The predicted octanol–water partition coefficient (Wildman–Crippen LogP) is 2.78. The van der Waals surface area contributed by atoms with Gasteiger partial charge in [-0.15, -0.1) is 0 Å². The van der Waals surface area contributed by atoms with Crippen molar-refractivity contribution in [2.45, 2.75) is 25.7 Å². The molecule has 1 saturated heterocycles. The molecule has 2 rings (SSSR count). The molecule has 1 heterocycles. The van der Waals surface area contributed by atoms with Gasteiger partial charge in [0, 0.05) is 11.3 Å². The standard InChI is InChI=1S/C13H13F2NO/c1-7-5-10(14)12(11(15)6-7)9-4-3-8(2)16-13(9)17/h5-6,9H,2-4H2,1H3,(H,16,17)/t9-/m1/s1. The molecule has 90 valence electrons. The van der Waals surface area contributed by atoms with E-state index in [1.54, 1.807) is 6.92 Å². The van der Waals surface area contributed by atoms with Gasteiger partial charge < -0.3 is 5.32 Å². The zero-order valence-electron chi connectivity index (χ0n) is 9.52. The topological polar surface area (TPSA) is 29.1 Å². The third-order valence-electron chi connectivity index (χ3n) is 2.92. The molecule has 1 amide bonds. The van der Waals surface area contributed by atoms with Crippen molar-refractivity contribution in [2.24, 2.45) is 0 Å². The minimum Gasteiger partial charge on any atom is -0.330 e. The van der Waals surface area contributed by atoms with Crippen LogP contribution >= 0.6 is 0 Å². The lowest BCUT2D eigenvalue weighted by Gasteiger charge is -2.24. The fourth-order valence-corrected chi connectivity index (χ4v) is 2.09. The number of piperidine rings is 1. The van der Waals surface area contributed by atoms with Gasteiger partial charge in [0.05, 0.1) is 5.92 Å². The highest BCUT2D eigenvalue weighted by Crippen LogP contribution is 2.31. The Morgan fingerprint density at radius 1 is 1.35 bits per heavy atom. The molecule has 0 aromatic heterocycles. The SMILES string of the molecule is C=C1CC[C@H](c2c(F)cc(C)cc2F)C(=O)N1. The number of carbonyl (C=O) groups is 1. The van der Waals surface area contributed by atoms with E-state index in [0.29, 0.717) is 24.1 Å². The number of rotatable bonds is 1. The lowest BCUT2D eigenvalue weighted by Crippen LogP contribution is -2.34. The summed E-state index contributed by atoms with van der Waals surface area (Å²) in [5.41, 5.74) is 0.962. The van der Waals surface area contributed by atoms with Gasteiger partial charge >= 0.3 is 0 Å². The Morgan fingerprint density at radius 3 is 2.47 bits per heavy atom. The van der Waals surface area contributed by atoms with Crippen molar-refractivity contribution in [2.75, 3.05) is 0 Å². The van der Waals surface area contributed by atoms with E-state index < -0.39 is 17.6 Å². The van der Waals surface area contributed by atoms with Crippen LogP contribution in [0.15, 0.2) is 24.4 Å². The van der Waals surface area contributed by atoms with E-state index in [-0.39, 0.29) is 11.5 Å². The Bertz CT molecular complexity index is 473. The van der Waals surface area contributed by atoms with Crippen LogP contribution in [0.5, 0.6) is 0 Å². The smallest absolute Gasteiger partial charge is 0.231 e. The lowest BCUT2D eigenvalue weighted by molar-refractivity contribution is -0.123. The van der Waals surface area contributed by atoms with E-state index in [9.17, 15) is 13.6 Å². The van der Waals surface area contributed by atoms with Crippen LogP contribution in [-0.4, -0.2) is 5.91 Å². The summed E-state index contributed by atoms with van der Waals surface area (Å²) < 4.78 is 27.4. The van der Waals surface area contributed by atoms with E-state index in [1.807, 2.05) is 0 Å². The number of hydrogen-bond donors (Lipinski definition) is 1. The van der Waals surface area contributed by atoms with Crippen LogP contribution in [0, 0.1) is 18.6 Å². The van der Waals surface area contributed by atoms with Crippen LogP contribution < -0.4 is 5.32 Å². The Kier molecular flexibility index (Phi) is 2.96. The van der Waals surface area contributed by atoms with Crippen LogP contribution in [0.3, 0.4) is 0 Å². The van der Waals surface area contributed by atoms with Gasteiger partial charge in [-0.3, -0.25) is 4.79 Å². The maximum atomic E-state index is 13.7. The van der Waals surface area contributed by atoms with E-state index in [2.05, 4.69) is 11.9 Å². The monoisotopic (exact) mass is 237 g/mol. The Morgan fingerprint density at radius 2 is 1.94 bits per heavy atom. The fraction of sp³-hybridized carbons (Fsp3) is 0.308. The van der Waals surface area contributed by atoms with Crippen LogP contribution in [0.4, 0.5) is 8.78 Å². The van der Waals surface area contributed by atoms with Gasteiger partial charge in [0.1, 0.15) is 11.6 Å². The number of nitrogens with one attached hydrogen (secondary N) is 1. The predicted molar refractivity (Wildman–Crippen MR) is 60.4 cm³/mol. The van der Waals surface area contributed by atoms with Crippen LogP contribution in [0.1, 0.15) is 29.9 Å².